The number of H-pyrrole nitrogens is 2. The fourth-order valence-corrected chi connectivity index (χ4v) is 3.04. The minimum Gasteiger partial charge on any atom is -0.342 e. The van der Waals surface area contributed by atoms with Gasteiger partial charge >= 0.3 is 0 Å². The van der Waals surface area contributed by atoms with Crippen LogP contribution in [0.25, 0.3) is 33.8 Å². The number of nitrogens with one attached hydrogen (secondary N) is 2. The van der Waals surface area contributed by atoms with E-state index in [9.17, 15) is 0 Å². The summed E-state index contributed by atoms with van der Waals surface area (Å²) in [6.07, 6.45) is 5.56. The zero-order valence-electron chi connectivity index (χ0n) is 16.3. The van der Waals surface area contributed by atoms with Gasteiger partial charge in [0.25, 0.3) is 0 Å². The van der Waals surface area contributed by atoms with Crippen molar-refractivity contribution in [3.05, 3.63) is 66.6 Å². The van der Waals surface area contributed by atoms with Gasteiger partial charge in [0.1, 0.15) is 11.6 Å². The van der Waals surface area contributed by atoms with Crippen molar-refractivity contribution in [3.63, 3.8) is 0 Å². The number of rotatable bonds is 5. The largest absolute Gasteiger partial charge is 0.342 e. The van der Waals surface area contributed by atoms with Crippen LogP contribution in [0.5, 0.6) is 0 Å². The van der Waals surface area contributed by atoms with Crippen LogP contribution >= 0.6 is 0 Å². The molecular weight excluding hydrogens is 348 g/mol. The molecule has 0 saturated carbocycles. The molecule has 0 amide bonds. The second kappa shape index (κ2) is 7.40. The average molecular weight is 372 g/mol. The molecule has 4 rings (SSSR count). The molecule has 4 aromatic rings. The van der Waals surface area contributed by atoms with Crippen LogP contribution in [0.1, 0.15) is 44.4 Å². The zero-order chi connectivity index (χ0) is 19.7. The lowest BCUT2D eigenvalue weighted by Gasteiger charge is -2.05. The first-order valence-electron chi connectivity index (χ1n) is 9.44. The highest BCUT2D eigenvalue weighted by atomic mass is 15.0. The molecule has 1 aromatic carbocycles. The van der Waals surface area contributed by atoms with Crippen molar-refractivity contribution in [2.24, 2.45) is 5.73 Å². The van der Waals surface area contributed by atoms with E-state index in [1.807, 2.05) is 31.6 Å². The Morgan fingerprint density at radius 1 is 0.679 bits per heavy atom. The molecule has 0 saturated heterocycles. The molecule has 0 aliphatic carbocycles. The third-order valence-electron chi connectivity index (χ3n) is 4.74. The Bertz CT molecular complexity index is 967. The van der Waals surface area contributed by atoms with Crippen molar-refractivity contribution in [2.45, 2.75) is 32.7 Å². The second-order valence-electron chi connectivity index (χ2n) is 7.32. The maximum Gasteiger partial charge on any atom is 0.123 e. The van der Waals surface area contributed by atoms with Gasteiger partial charge in [0.05, 0.1) is 35.5 Å². The van der Waals surface area contributed by atoms with Gasteiger partial charge in [0.15, 0.2) is 0 Å². The lowest BCUT2D eigenvalue weighted by atomic mass is 10.1. The normalized spacial score (nSPS) is 12.5. The van der Waals surface area contributed by atoms with Crippen LogP contribution in [-0.2, 0) is 0 Å². The Morgan fingerprint density at radius 2 is 1.25 bits per heavy atom. The molecule has 0 aliphatic heterocycles. The summed E-state index contributed by atoms with van der Waals surface area (Å²) >= 11 is 0. The van der Waals surface area contributed by atoms with Gasteiger partial charge in [-0.15, -0.1) is 0 Å². The van der Waals surface area contributed by atoms with E-state index in [0.29, 0.717) is 5.92 Å². The number of nitrogens with two attached hydrogens (primary N) is 1. The molecule has 4 N–H and O–H groups in total. The molecule has 0 unspecified atom stereocenters. The molecule has 142 valence electrons. The van der Waals surface area contributed by atoms with Gasteiger partial charge in [-0.05, 0) is 24.6 Å². The first-order chi connectivity index (χ1) is 13.5. The van der Waals surface area contributed by atoms with Gasteiger partial charge in [0, 0.05) is 23.2 Å². The number of hydrogen-bond acceptors (Lipinski definition) is 4. The summed E-state index contributed by atoms with van der Waals surface area (Å²) in [5.41, 5.74) is 11.9. The highest BCUT2D eigenvalue weighted by molar-refractivity contribution is 5.68. The highest BCUT2D eigenvalue weighted by Gasteiger charge is 2.09. The molecule has 6 nitrogen and oxygen atoms in total. The van der Waals surface area contributed by atoms with E-state index in [-0.39, 0.29) is 6.04 Å². The molecule has 28 heavy (non-hydrogen) atoms. The molecule has 0 radical (unpaired) electrons. The van der Waals surface area contributed by atoms with Crippen molar-refractivity contribution in [2.75, 3.05) is 0 Å². The molecular formula is C22H24N6. The molecule has 0 spiro atoms. The molecule has 1 atom stereocenters. The minimum atomic E-state index is -0.109. The maximum absolute atomic E-state index is 5.87. The summed E-state index contributed by atoms with van der Waals surface area (Å²) in [6, 6.07) is 12.2. The van der Waals surface area contributed by atoms with Crippen molar-refractivity contribution >= 4 is 0 Å². The van der Waals surface area contributed by atoms with Crippen LogP contribution in [0.4, 0.5) is 0 Å². The van der Waals surface area contributed by atoms with Gasteiger partial charge in [-0.3, -0.25) is 4.98 Å². The Balaban J connectivity index is 1.54. The van der Waals surface area contributed by atoms with Crippen LogP contribution in [0.3, 0.4) is 0 Å². The zero-order valence-corrected chi connectivity index (χ0v) is 16.3. The van der Waals surface area contributed by atoms with Crippen LogP contribution < -0.4 is 5.73 Å². The van der Waals surface area contributed by atoms with Gasteiger partial charge in [-0.1, -0.05) is 38.1 Å². The Hall–Kier alpha value is -3.25. The van der Waals surface area contributed by atoms with E-state index in [1.54, 1.807) is 0 Å². The number of benzene rings is 1. The lowest BCUT2D eigenvalue weighted by Crippen LogP contribution is -2.06. The average Bonchev–Trinajstić information content (AvgIpc) is 3.38. The molecule has 6 heteroatoms. The van der Waals surface area contributed by atoms with E-state index in [2.05, 4.69) is 69.1 Å². The van der Waals surface area contributed by atoms with Crippen molar-refractivity contribution < 1.29 is 0 Å². The monoisotopic (exact) mass is 372 g/mol. The Morgan fingerprint density at radius 3 is 1.79 bits per heavy atom. The third-order valence-corrected chi connectivity index (χ3v) is 4.74. The van der Waals surface area contributed by atoms with Crippen LogP contribution in [0.2, 0.25) is 0 Å². The predicted octanol–water partition coefficient (Wildman–Crippen LogP) is 4.67. The summed E-state index contributed by atoms with van der Waals surface area (Å²) < 4.78 is 0. The quantitative estimate of drug-likeness (QED) is 0.474. The summed E-state index contributed by atoms with van der Waals surface area (Å²) in [5, 5.41) is 0. The first-order valence-corrected chi connectivity index (χ1v) is 9.44. The van der Waals surface area contributed by atoms with Gasteiger partial charge in [-0.25, -0.2) is 9.97 Å². The Kier molecular flexibility index (Phi) is 4.79. The number of pyridine rings is 1. The van der Waals surface area contributed by atoms with Crippen LogP contribution in [0.15, 0.2) is 55.0 Å². The van der Waals surface area contributed by atoms with Gasteiger partial charge < -0.3 is 15.7 Å². The lowest BCUT2D eigenvalue weighted by molar-refractivity contribution is 0.756. The van der Waals surface area contributed by atoms with Crippen LogP contribution in [0, 0.1) is 0 Å². The molecule has 0 fully saturated rings. The first kappa shape index (κ1) is 18.1. The van der Waals surface area contributed by atoms with E-state index in [0.717, 1.165) is 45.4 Å². The minimum absolute atomic E-state index is 0.109. The summed E-state index contributed by atoms with van der Waals surface area (Å²) in [6.45, 7) is 6.15. The van der Waals surface area contributed by atoms with E-state index in [4.69, 9.17) is 5.73 Å². The smallest absolute Gasteiger partial charge is 0.123 e. The second-order valence-corrected chi connectivity index (χ2v) is 7.32. The van der Waals surface area contributed by atoms with Gasteiger partial charge in [0.2, 0.25) is 0 Å². The summed E-state index contributed by atoms with van der Waals surface area (Å²) in [7, 11) is 0. The molecule has 0 bridgehead atoms. The van der Waals surface area contributed by atoms with Crippen molar-refractivity contribution in [1.29, 1.82) is 0 Å². The number of aromatic amines is 2. The standard InChI is InChI=1S/C22H24N6/c1-13(2)21-25-12-20(27-21)17-8-9-18(24-10-17)15-4-6-16(7-5-15)19-11-26-22(28-19)14(3)23/h4-14H,23H2,1-3H3,(H,25,27)(H,26,28)/t14-/m0/s1. The summed E-state index contributed by atoms with van der Waals surface area (Å²) in [4.78, 5) is 20.0. The fraction of sp³-hybridized carbons (Fsp3) is 0.227. The molecule has 3 aromatic heterocycles. The highest BCUT2D eigenvalue weighted by Crippen LogP contribution is 2.25. The number of imidazole rings is 2. The maximum atomic E-state index is 5.87. The van der Waals surface area contributed by atoms with Crippen molar-refractivity contribution in [1.82, 2.24) is 24.9 Å². The third kappa shape index (κ3) is 3.59. The molecule has 0 aliphatic rings. The molecule has 3 heterocycles. The predicted molar refractivity (Wildman–Crippen MR) is 112 cm³/mol. The van der Waals surface area contributed by atoms with E-state index in [1.165, 1.54) is 0 Å². The number of hydrogen-bond donors (Lipinski definition) is 3. The van der Waals surface area contributed by atoms with Crippen molar-refractivity contribution in [3.8, 4) is 33.8 Å². The van der Waals surface area contributed by atoms with E-state index < -0.39 is 0 Å². The Labute approximate surface area is 164 Å². The SMILES string of the molecule is CC(C)c1ncc(-c2ccc(-c3ccc(-c4cnc([C@H](C)N)[nH]4)cc3)nc2)[nH]1. The topological polar surface area (TPSA) is 96.3 Å². The van der Waals surface area contributed by atoms with Crippen LogP contribution in [-0.4, -0.2) is 24.9 Å². The number of aromatic nitrogens is 5. The fourth-order valence-electron chi connectivity index (χ4n) is 3.04. The summed E-state index contributed by atoms with van der Waals surface area (Å²) in [5.74, 6) is 2.15. The number of nitrogens with zero attached hydrogens (tertiary/aromatic N) is 3. The van der Waals surface area contributed by atoms with Gasteiger partial charge in [-0.2, -0.15) is 0 Å². The van der Waals surface area contributed by atoms with E-state index >= 15 is 0 Å².